The van der Waals surface area contributed by atoms with E-state index in [-0.39, 0.29) is 18.2 Å². The monoisotopic (exact) mass is 329 g/mol. The fourth-order valence-corrected chi connectivity index (χ4v) is 3.50. The molecule has 1 amide bonds. The number of nitriles is 1. The van der Waals surface area contributed by atoms with Crippen LogP contribution in [0.15, 0.2) is 11.6 Å². The molecule has 24 heavy (non-hydrogen) atoms. The zero-order chi connectivity index (χ0) is 17.7. The van der Waals surface area contributed by atoms with E-state index in [0.717, 1.165) is 11.3 Å². The maximum atomic E-state index is 12.1. The molecular weight excluding hydrogens is 302 g/mol. The van der Waals surface area contributed by atoms with Crippen LogP contribution in [0.25, 0.3) is 6.08 Å². The van der Waals surface area contributed by atoms with Crippen LogP contribution in [0, 0.1) is 25.2 Å². The van der Waals surface area contributed by atoms with Crippen LogP contribution < -0.4 is 5.32 Å². The number of nitrogens with zero attached hydrogens (tertiary/aromatic N) is 2. The summed E-state index contributed by atoms with van der Waals surface area (Å²) in [5.74, 6) is -0.443. The molecule has 1 heterocycles. The van der Waals surface area contributed by atoms with Crippen molar-refractivity contribution in [2.45, 2.75) is 65.0 Å². The number of amides is 1. The highest BCUT2D eigenvalue weighted by atomic mass is 16.3. The molecule has 5 heteroatoms. The Morgan fingerprint density at radius 3 is 2.71 bits per heavy atom. The second kappa shape index (κ2) is 8.16. The number of carbonyl (C=O) groups excluding carboxylic acids is 1. The summed E-state index contributed by atoms with van der Waals surface area (Å²) in [5.41, 5.74) is 3.27. The molecule has 0 bridgehead atoms. The molecule has 2 N–H and O–H groups in total. The van der Waals surface area contributed by atoms with Gasteiger partial charge in [0.15, 0.2) is 0 Å². The van der Waals surface area contributed by atoms with E-state index >= 15 is 0 Å². The lowest BCUT2D eigenvalue weighted by Crippen LogP contribution is -2.35. The standard InChI is InChI=1S/C19H27N3O2/c1-13(12-23)21-19(24)17(11-20)10-16-9-14(2)22(15(16)3)18-7-5-4-6-8-18/h9-10,13,18,23H,4-8,12H2,1-3H3,(H,21,24)/b17-10+. The molecule has 0 aromatic carbocycles. The van der Waals surface area contributed by atoms with E-state index in [0.29, 0.717) is 6.04 Å². The third kappa shape index (κ3) is 4.07. The number of carbonyl (C=O) groups is 1. The molecule has 5 nitrogen and oxygen atoms in total. The first-order valence-electron chi connectivity index (χ1n) is 8.69. The van der Waals surface area contributed by atoms with E-state index in [4.69, 9.17) is 5.11 Å². The Hall–Kier alpha value is -2.06. The van der Waals surface area contributed by atoms with Gasteiger partial charge in [0.05, 0.1) is 6.61 Å². The molecule has 1 aromatic heterocycles. The number of hydrogen-bond donors (Lipinski definition) is 2. The molecule has 1 atom stereocenters. The average molecular weight is 329 g/mol. The number of nitrogens with one attached hydrogen (secondary N) is 1. The minimum absolute atomic E-state index is 0.0687. The maximum Gasteiger partial charge on any atom is 0.262 e. The van der Waals surface area contributed by atoms with Crippen LogP contribution in [0.3, 0.4) is 0 Å². The van der Waals surface area contributed by atoms with Crippen LogP contribution in [0.4, 0.5) is 0 Å². The predicted molar refractivity (Wildman–Crippen MR) is 94.3 cm³/mol. The molecule has 1 aliphatic rings. The van der Waals surface area contributed by atoms with Gasteiger partial charge in [0.2, 0.25) is 0 Å². The smallest absolute Gasteiger partial charge is 0.262 e. The predicted octanol–water partition coefficient (Wildman–Crippen LogP) is 3.01. The molecule has 130 valence electrons. The van der Waals surface area contributed by atoms with E-state index in [9.17, 15) is 10.1 Å². The summed E-state index contributed by atoms with van der Waals surface area (Å²) in [5, 5.41) is 21.0. The summed E-state index contributed by atoms with van der Waals surface area (Å²) in [4.78, 5) is 12.1. The van der Waals surface area contributed by atoms with Crippen LogP contribution in [0.2, 0.25) is 0 Å². The highest BCUT2D eigenvalue weighted by Crippen LogP contribution is 2.32. The van der Waals surface area contributed by atoms with Crippen molar-refractivity contribution in [1.29, 1.82) is 5.26 Å². The highest BCUT2D eigenvalue weighted by molar-refractivity contribution is 6.01. The Morgan fingerprint density at radius 2 is 2.12 bits per heavy atom. The van der Waals surface area contributed by atoms with Gasteiger partial charge in [0, 0.05) is 23.5 Å². The first-order valence-corrected chi connectivity index (χ1v) is 8.69. The van der Waals surface area contributed by atoms with Gasteiger partial charge < -0.3 is 15.0 Å². The van der Waals surface area contributed by atoms with Crippen LogP contribution in [0.1, 0.15) is 62.0 Å². The van der Waals surface area contributed by atoms with Gasteiger partial charge in [0.25, 0.3) is 5.91 Å². The van der Waals surface area contributed by atoms with Gasteiger partial charge in [-0.25, -0.2) is 0 Å². The highest BCUT2D eigenvalue weighted by Gasteiger charge is 2.20. The molecule has 1 unspecified atom stereocenters. The first kappa shape index (κ1) is 18.3. The molecule has 0 saturated heterocycles. The largest absolute Gasteiger partial charge is 0.394 e. The number of rotatable bonds is 5. The maximum absolute atomic E-state index is 12.1. The SMILES string of the molecule is Cc1cc(/C=C(\C#N)C(=O)NC(C)CO)c(C)n1C1CCCCC1. The third-order valence-electron chi connectivity index (χ3n) is 4.78. The average Bonchev–Trinajstić information content (AvgIpc) is 2.86. The van der Waals surface area contributed by atoms with E-state index in [1.807, 2.05) is 12.1 Å². The fourth-order valence-electron chi connectivity index (χ4n) is 3.50. The lowest BCUT2D eigenvalue weighted by molar-refractivity contribution is -0.117. The van der Waals surface area contributed by atoms with Crippen molar-refractivity contribution in [2.24, 2.45) is 0 Å². The minimum Gasteiger partial charge on any atom is -0.394 e. The summed E-state index contributed by atoms with van der Waals surface area (Å²) in [7, 11) is 0. The van der Waals surface area contributed by atoms with Gasteiger partial charge in [-0.2, -0.15) is 5.26 Å². The van der Waals surface area contributed by atoms with Crippen LogP contribution in [-0.2, 0) is 4.79 Å². The lowest BCUT2D eigenvalue weighted by Gasteiger charge is -2.26. The topological polar surface area (TPSA) is 78.1 Å². The van der Waals surface area contributed by atoms with E-state index in [1.165, 1.54) is 37.8 Å². The van der Waals surface area contributed by atoms with Gasteiger partial charge in [-0.05, 0) is 51.3 Å². The van der Waals surface area contributed by atoms with Crippen molar-refractivity contribution in [1.82, 2.24) is 9.88 Å². The molecular formula is C19H27N3O2. The minimum atomic E-state index is -0.443. The van der Waals surface area contributed by atoms with Gasteiger partial charge >= 0.3 is 0 Å². The summed E-state index contributed by atoms with van der Waals surface area (Å²) >= 11 is 0. The zero-order valence-electron chi connectivity index (χ0n) is 14.8. The summed E-state index contributed by atoms with van der Waals surface area (Å²) < 4.78 is 2.36. The number of hydrogen-bond acceptors (Lipinski definition) is 3. The normalized spacial score (nSPS) is 17.4. The molecule has 1 aromatic rings. The molecule has 1 saturated carbocycles. The first-order chi connectivity index (χ1) is 11.5. The number of aliphatic hydroxyl groups is 1. The molecule has 2 rings (SSSR count). The summed E-state index contributed by atoms with van der Waals surface area (Å²) in [6.45, 7) is 5.68. The Balaban J connectivity index is 2.28. The van der Waals surface area contributed by atoms with Gasteiger partial charge in [-0.15, -0.1) is 0 Å². The molecule has 1 aliphatic carbocycles. The van der Waals surface area contributed by atoms with Crippen molar-refractivity contribution in [2.75, 3.05) is 6.61 Å². The second-order valence-electron chi connectivity index (χ2n) is 6.72. The quantitative estimate of drug-likeness (QED) is 0.644. The van der Waals surface area contributed by atoms with Crippen molar-refractivity contribution >= 4 is 12.0 Å². The van der Waals surface area contributed by atoms with Crippen molar-refractivity contribution in [3.8, 4) is 6.07 Å². The Kier molecular flexibility index (Phi) is 6.22. The molecule has 0 spiro atoms. The van der Waals surface area contributed by atoms with Gasteiger partial charge in [-0.1, -0.05) is 19.3 Å². The Bertz CT molecular complexity index is 661. The summed E-state index contributed by atoms with van der Waals surface area (Å²) in [6.07, 6.45) is 7.87. The van der Waals surface area contributed by atoms with Gasteiger partial charge in [0.1, 0.15) is 11.6 Å². The van der Waals surface area contributed by atoms with E-state index < -0.39 is 5.91 Å². The van der Waals surface area contributed by atoms with Crippen LogP contribution in [-0.4, -0.2) is 28.2 Å². The Morgan fingerprint density at radius 1 is 1.46 bits per heavy atom. The van der Waals surface area contributed by atoms with Crippen molar-refractivity contribution < 1.29 is 9.90 Å². The zero-order valence-corrected chi connectivity index (χ0v) is 14.8. The fraction of sp³-hybridized carbons (Fsp3) is 0.579. The summed E-state index contributed by atoms with van der Waals surface area (Å²) in [6, 6.07) is 4.17. The number of aliphatic hydroxyl groups excluding tert-OH is 1. The molecule has 1 fully saturated rings. The van der Waals surface area contributed by atoms with Crippen LogP contribution >= 0.6 is 0 Å². The van der Waals surface area contributed by atoms with Gasteiger partial charge in [-0.3, -0.25) is 4.79 Å². The second-order valence-corrected chi connectivity index (χ2v) is 6.72. The molecule has 0 radical (unpaired) electrons. The lowest BCUT2D eigenvalue weighted by atomic mass is 9.95. The third-order valence-corrected chi connectivity index (χ3v) is 4.78. The van der Waals surface area contributed by atoms with Crippen molar-refractivity contribution in [3.05, 3.63) is 28.6 Å². The molecule has 0 aliphatic heterocycles. The van der Waals surface area contributed by atoms with Crippen molar-refractivity contribution in [3.63, 3.8) is 0 Å². The number of aromatic nitrogens is 1. The number of aryl methyl sites for hydroxylation is 1. The Labute approximate surface area is 144 Å². The van der Waals surface area contributed by atoms with E-state index in [2.05, 4.69) is 23.7 Å². The van der Waals surface area contributed by atoms with E-state index in [1.54, 1.807) is 13.0 Å². The van der Waals surface area contributed by atoms with Crippen LogP contribution in [0.5, 0.6) is 0 Å².